The average molecular weight is 400 g/mol. The van der Waals surface area contributed by atoms with Crippen LogP contribution in [0.3, 0.4) is 0 Å². The van der Waals surface area contributed by atoms with Crippen LogP contribution in [0.15, 0.2) is 42.5 Å². The molecule has 29 heavy (non-hydrogen) atoms. The van der Waals surface area contributed by atoms with Crippen LogP contribution in [-0.2, 0) is 11.2 Å². The fourth-order valence-corrected chi connectivity index (χ4v) is 3.89. The van der Waals surface area contributed by atoms with E-state index in [0.29, 0.717) is 13.2 Å². The highest BCUT2D eigenvalue weighted by Crippen LogP contribution is 2.41. The van der Waals surface area contributed by atoms with Crippen LogP contribution >= 0.6 is 0 Å². The Balaban J connectivity index is 1.92. The Morgan fingerprint density at radius 3 is 2.34 bits per heavy atom. The first-order valence-electron chi connectivity index (χ1n) is 10.2. The van der Waals surface area contributed by atoms with Crippen LogP contribution in [0.2, 0.25) is 0 Å². The zero-order valence-electron chi connectivity index (χ0n) is 18.1. The van der Waals surface area contributed by atoms with E-state index in [4.69, 9.17) is 14.2 Å². The molecule has 2 aromatic carbocycles. The molecule has 2 atom stereocenters. The first-order chi connectivity index (χ1) is 13.8. The Bertz CT molecular complexity index is 801. The molecular weight excluding hydrogens is 366 g/mol. The van der Waals surface area contributed by atoms with Gasteiger partial charge in [0.05, 0.1) is 38.6 Å². The molecule has 0 spiro atoms. The second-order valence-corrected chi connectivity index (χ2v) is 8.54. The summed E-state index contributed by atoms with van der Waals surface area (Å²) in [6, 6.07) is 14.6. The Hall–Kier alpha value is -2.08. The Labute approximate surface area is 174 Å². The number of β-amino-alcohol motifs (C(OH)–C–C–N with tert-alkyl or cyclic N) is 1. The van der Waals surface area contributed by atoms with Gasteiger partial charge < -0.3 is 19.3 Å². The molecule has 0 unspecified atom stereocenters. The summed E-state index contributed by atoms with van der Waals surface area (Å²) in [5, 5.41) is 10.6. The summed E-state index contributed by atoms with van der Waals surface area (Å²) in [6.07, 6.45) is 0.341. The average Bonchev–Trinajstić information content (AvgIpc) is 2.71. The van der Waals surface area contributed by atoms with E-state index in [1.807, 2.05) is 26.8 Å². The zero-order valence-corrected chi connectivity index (χ0v) is 18.1. The van der Waals surface area contributed by atoms with E-state index in [1.54, 1.807) is 14.2 Å². The van der Waals surface area contributed by atoms with Gasteiger partial charge in [-0.05, 0) is 56.0 Å². The molecule has 1 aliphatic heterocycles. The highest BCUT2D eigenvalue weighted by atomic mass is 16.5. The summed E-state index contributed by atoms with van der Waals surface area (Å²) in [7, 11) is 3.33. The number of aliphatic hydroxyl groups excluding tert-OH is 1. The lowest BCUT2D eigenvalue weighted by molar-refractivity contribution is -0.0584. The number of ether oxygens (including phenoxy) is 3. The molecule has 5 nitrogen and oxygen atoms in total. The van der Waals surface area contributed by atoms with E-state index in [0.717, 1.165) is 24.5 Å². The fraction of sp³-hybridized carbons (Fsp3) is 0.500. The number of hydrogen-bond donors (Lipinski definition) is 1. The van der Waals surface area contributed by atoms with Gasteiger partial charge in [0.15, 0.2) is 11.5 Å². The maximum Gasteiger partial charge on any atom is 0.161 e. The molecule has 3 rings (SSSR count). The van der Waals surface area contributed by atoms with Gasteiger partial charge in [0.2, 0.25) is 0 Å². The first kappa shape index (κ1) is 21.6. The van der Waals surface area contributed by atoms with Crippen molar-refractivity contribution in [3.05, 3.63) is 59.2 Å². The zero-order chi connectivity index (χ0) is 21.0. The monoisotopic (exact) mass is 399 g/mol. The Morgan fingerprint density at radius 2 is 1.72 bits per heavy atom. The number of benzene rings is 2. The summed E-state index contributed by atoms with van der Waals surface area (Å²) < 4.78 is 16.9. The van der Waals surface area contributed by atoms with Gasteiger partial charge in [0.25, 0.3) is 0 Å². The van der Waals surface area contributed by atoms with Gasteiger partial charge in [-0.25, -0.2) is 0 Å². The fourth-order valence-electron chi connectivity index (χ4n) is 3.89. The van der Waals surface area contributed by atoms with Crippen LogP contribution < -0.4 is 9.47 Å². The molecule has 2 aromatic rings. The number of nitrogens with zero attached hydrogens (tertiary/aromatic N) is 1. The molecule has 5 heteroatoms. The van der Waals surface area contributed by atoms with Gasteiger partial charge in [0.1, 0.15) is 0 Å². The Kier molecular flexibility index (Phi) is 6.83. The number of aliphatic hydroxyl groups is 1. The maximum atomic E-state index is 10.6. The lowest BCUT2D eigenvalue weighted by atomic mass is 9.87. The maximum absolute atomic E-state index is 10.6. The van der Waals surface area contributed by atoms with Crippen molar-refractivity contribution in [1.82, 2.24) is 4.90 Å². The van der Waals surface area contributed by atoms with Crippen LogP contribution in [0.1, 0.15) is 43.5 Å². The molecule has 1 aliphatic rings. The minimum Gasteiger partial charge on any atom is -0.493 e. The minimum atomic E-state index is -0.554. The summed E-state index contributed by atoms with van der Waals surface area (Å²) >= 11 is 0. The molecule has 0 radical (unpaired) electrons. The van der Waals surface area contributed by atoms with Gasteiger partial charge in [-0.1, -0.05) is 30.3 Å². The third-order valence-electron chi connectivity index (χ3n) is 5.24. The standard InChI is InChI=1S/C24H33NO4/c1-24(2,3)29-16-19(26)15-25-12-11-18-13-21(27-4)22(28-5)14-20(18)23(25)17-9-7-6-8-10-17/h6-10,13-14,19,23,26H,11-12,15-16H2,1-5H3/t19-,23-/m0/s1. The van der Waals surface area contributed by atoms with E-state index < -0.39 is 6.10 Å². The van der Waals surface area contributed by atoms with Gasteiger partial charge in [0, 0.05) is 13.1 Å². The van der Waals surface area contributed by atoms with Crippen LogP contribution in [0.25, 0.3) is 0 Å². The van der Waals surface area contributed by atoms with Crippen LogP contribution in [-0.4, -0.2) is 55.6 Å². The van der Waals surface area contributed by atoms with Crippen molar-refractivity contribution in [1.29, 1.82) is 0 Å². The molecular formula is C24H33NO4. The number of fused-ring (bicyclic) bond motifs is 1. The van der Waals surface area contributed by atoms with E-state index in [1.165, 1.54) is 16.7 Å². The molecule has 1 N–H and O–H groups in total. The summed E-state index contributed by atoms with van der Waals surface area (Å²) in [5.41, 5.74) is 3.39. The molecule has 0 bridgehead atoms. The molecule has 0 saturated heterocycles. The van der Waals surface area contributed by atoms with E-state index in [2.05, 4.69) is 41.3 Å². The van der Waals surface area contributed by atoms with Crippen molar-refractivity contribution in [2.75, 3.05) is 33.9 Å². The molecule has 0 aliphatic carbocycles. The predicted octanol–water partition coefficient (Wildman–Crippen LogP) is 3.83. The van der Waals surface area contributed by atoms with Crippen molar-refractivity contribution in [3.63, 3.8) is 0 Å². The van der Waals surface area contributed by atoms with Crippen molar-refractivity contribution in [2.24, 2.45) is 0 Å². The molecule has 0 amide bonds. The van der Waals surface area contributed by atoms with Gasteiger partial charge in [-0.3, -0.25) is 4.90 Å². The van der Waals surface area contributed by atoms with Gasteiger partial charge in [-0.2, -0.15) is 0 Å². The smallest absolute Gasteiger partial charge is 0.161 e. The number of hydrogen-bond acceptors (Lipinski definition) is 5. The minimum absolute atomic E-state index is 0.0454. The summed E-state index contributed by atoms with van der Waals surface area (Å²) in [4.78, 5) is 2.33. The molecule has 0 aromatic heterocycles. The molecule has 0 fully saturated rings. The van der Waals surface area contributed by atoms with Crippen LogP contribution in [0.5, 0.6) is 11.5 Å². The first-order valence-corrected chi connectivity index (χ1v) is 10.2. The number of methoxy groups -OCH3 is 2. The molecule has 158 valence electrons. The molecule has 1 heterocycles. The highest BCUT2D eigenvalue weighted by Gasteiger charge is 2.31. The quantitative estimate of drug-likeness (QED) is 0.767. The van der Waals surface area contributed by atoms with Crippen molar-refractivity contribution in [3.8, 4) is 11.5 Å². The Morgan fingerprint density at radius 1 is 1.07 bits per heavy atom. The summed E-state index contributed by atoms with van der Waals surface area (Å²) in [6.45, 7) is 7.73. The third kappa shape index (κ3) is 5.30. The predicted molar refractivity (Wildman–Crippen MR) is 115 cm³/mol. The van der Waals surface area contributed by atoms with Crippen molar-refractivity contribution in [2.45, 2.75) is 44.9 Å². The largest absolute Gasteiger partial charge is 0.493 e. The topological polar surface area (TPSA) is 51.2 Å². The van der Waals surface area contributed by atoms with Crippen LogP contribution in [0, 0.1) is 0 Å². The van der Waals surface area contributed by atoms with Gasteiger partial charge in [-0.15, -0.1) is 0 Å². The van der Waals surface area contributed by atoms with Crippen molar-refractivity contribution >= 4 is 0 Å². The van der Waals surface area contributed by atoms with E-state index in [-0.39, 0.29) is 11.6 Å². The normalized spacial score (nSPS) is 18.2. The second-order valence-electron chi connectivity index (χ2n) is 8.54. The SMILES string of the molecule is COc1cc2c(cc1OC)[C@H](c1ccccc1)N(C[C@H](O)COC(C)(C)C)CC2. The summed E-state index contributed by atoms with van der Waals surface area (Å²) in [5.74, 6) is 1.48. The highest BCUT2D eigenvalue weighted by molar-refractivity contribution is 5.51. The van der Waals surface area contributed by atoms with E-state index in [9.17, 15) is 5.11 Å². The van der Waals surface area contributed by atoms with Crippen molar-refractivity contribution < 1.29 is 19.3 Å². The van der Waals surface area contributed by atoms with E-state index >= 15 is 0 Å². The lowest BCUT2D eigenvalue weighted by Gasteiger charge is -2.39. The number of rotatable bonds is 7. The van der Waals surface area contributed by atoms with Crippen LogP contribution in [0.4, 0.5) is 0 Å². The lowest BCUT2D eigenvalue weighted by Crippen LogP contribution is -2.42. The van der Waals surface area contributed by atoms with Gasteiger partial charge >= 0.3 is 0 Å². The molecule has 0 saturated carbocycles. The second kappa shape index (κ2) is 9.16. The third-order valence-corrected chi connectivity index (χ3v) is 5.24.